The van der Waals surface area contributed by atoms with Crippen LogP contribution < -0.4 is 0 Å². The highest BCUT2D eigenvalue weighted by Crippen LogP contribution is 2.56. The molecule has 0 amide bonds. The zero-order valence-electron chi connectivity index (χ0n) is 41.0. The number of para-hydroxylation sites is 2. The summed E-state index contributed by atoms with van der Waals surface area (Å²) in [5.41, 5.74) is 19.0. The summed E-state index contributed by atoms with van der Waals surface area (Å²) < 4.78 is 5.07. The summed E-state index contributed by atoms with van der Waals surface area (Å²) in [4.78, 5) is 0. The van der Waals surface area contributed by atoms with Crippen LogP contribution in [0.4, 0.5) is 0 Å². The van der Waals surface area contributed by atoms with Crippen LogP contribution in [-0.2, 0) is 16.2 Å². The molecule has 0 bridgehead atoms. The largest absolute Gasteiger partial charge is 0.307 e. The van der Waals surface area contributed by atoms with Gasteiger partial charge in [-0.2, -0.15) is 0 Å². The van der Waals surface area contributed by atoms with Gasteiger partial charge in [0.05, 0.1) is 22.1 Å². The first-order valence-corrected chi connectivity index (χ1v) is 25.5. The molecule has 0 unspecified atom stereocenters. The molecule has 0 N–H and O–H groups in total. The van der Waals surface area contributed by atoms with E-state index < -0.39 is 0 Å². The summed E-state index contributed by atoms with van der Waals surface area (Å²) in [6, 6.07) is 51.7. The second-order valence-electron chi connectivity index (χ2n) is 21.6. The number of benzene rings is 6. The Hall–Kier alpha value is -5.34. The molecule has 1 aliphatic rings. The lowest BCUT2D eigenvalue weighted by atomic mass is 9.69. The number of aromatic nitrogens is 2. The van der Waals surface area contributed by atoms with Gasteiger partial charge < -0.3 is 9.13 Å². The van der Waals surface area contributed by atoms with Gasteiger partial charge in [0, 0.05) is 27.6 Å². The molecule has 1 aliphatic carbocycles. The zero-order chi connectivity index (χ0) is 45.3. The molecular formula is C63H74N2. The van der Waals surface area contributed by atoms with Crippen LogP contribution in [0.15, 0.2) is 133 Å². The van der Waals surface area contributed by atoms with Gasteiger partial charge in [0.2, 0.25) is 0 Å². The molecule has 8 aromatic rings. The van der Waals surface area contributed by atoms with Crippen LogP contribution >= 0.6 is 0 Å². The molecule has 2 heterocycles. The lowest BCUT2D eigenvalue weighted by molar-refractivity contribution is 0.397. The standard InChI is InChI=1S/C63H74N2/c1-9-11-13-15-17-25-39-63(40-26-18-16-14-12-10-2)55-41-45(31-35-51(55)52-37-33-47(43-56(52)63)61(3,4)5)46-32-36-53-57(42-46)64(49-27-21-19-22-28-49)60-54-38-34-48(62(6,7)8)44-58(54)65(59(53)60)50-29-23-20-24-30-50/h19-24,27-38,41-44H,9-18,25-26,39-40H2,1-8H3. The van der Waals surface area contributed by atoms with Crippen LogP contribution in [0.2, 0.25) is 0 Å². The van der Waals surface area contributed by atoms with Crippen LogP contribution in [0.5, 0.6) is 0 Å². The fraction of sp³-hybridized carbons (Fsp3) is 0.397. The van der Waals surface area contributed by atoms with Crippen molar-refractivity contribution < 1.29 is 0 Å². The van der Waals surface area contributed by atoms with E-state index in [0.29, 0.717) is 0 Å². The Bertz CT molecular complexity index is 2890. The van der Waals surface area contributed by atoms with E-state index in [2.05, 4.69) is 198 Å². The maximum atomic E-state index is 2.64. The molecule has 6 aromatic carbocycles. The van der Waals surface area contributed by atoms with E-state index in [9.17, 15) is 0 Å². The summed E-state index contributed by atoms with van der Waals surface area (Å²) in [7, 11) is 0. The van der Waals surface area contributed by atoms with Gasteiger partial charge in [0.1, 0.15) is 0 Å². The number of nitrogens with zero attached hydrogens (tertiary/aromatic N) is 2. The van der Waals surface area contributed by atoms with Crippen molar-refractivity contribution in [1.82, 2.24) is 9.13 Å². The molecule has 0 spiro atoms. The molecule has 0 aliphatic heterocycles. The van der Waals surface area contributed by atoms with Gasteiger partial charge in [-0.3, -0.25) is 0 Å². The van der Waals surface area contributed by atoms with Gasteiger partial charge in [-0.05, 0) is 111 Å². The van der Waals surface area contributed by atoms with E-state index in [4.69, 9.17) is 0 Å². The minimum absolute atomic E-state index is 0.0127. The van der Waals surface area contributed by atoms with Crippen LogP contribution in [0.3, 0.4) is 0 Å². The van der Waals surface area contributed by atoms with Gasteiger partial charge in [-0.25, -0.2) is 0 Å². The molecule has 9 rings (SSSR count). The Labute approximate surface area is 391 Å². The summed E-state index contributed by atoms with van der Waals surface area (Å²) >= 11 is 0. The van der Waals surface area contributed by atoms with Crippen molar-refractivity contribution in [2.75, 3.05) is 0 Å². The average molecular weight is 859 g/mol. The third-order valence-corrected chi connectivity index (χ3v) is 15.0. The molecule has 336 valence electrons. The van der Waals surface area contributed by atoms with Gasteiger partial charge in [-0.15, -0.1) is 0 Å². The summed E-state index contributed by atoms with van der Waals surface area (Å²) in [5.74, 6) is 0. The number of hydrogen-bond acceptors (Lipinski definition) is 0. The molecular weight excluding hydrogens is 785 g/mol. The third kappa shape index (κ3) is 8.52. The van der Waals surface area contributed by atoms with Crippen molar-refractivity contribution in [3.05, 3.63) is 156 Å². The second-order valence-corrected chi connectivity index (χ2v) is 21.6. The topological polar surface area (TPSA) is 9.86 Å². The van der Waals surface area contributed by atoms with Crippen molar-refractivity contribution in [1.29, 1.82) is 0 Å². The molecule has 2 heteroatoms. The first-order valence-electron chi connectivity index (χ1n) is 25.5. The molecule has 0 radical (unpaired) electrons. The van der Waals surface area contributed by atoms with Crippen LogP contribution in [0, 0.1) is 0 Å². The highest BCUT2D eigenvalue weighted by atomic mass is 15.1. The maximum absolute atomic E-state index is 2.64. The Morgan fingerprint density at radius 3 is 1.35 bits per heavy atom. The van der Waals surface area contributed by atoms with Crippen molar-refractivity contribution in [3.8, 4) is 33.6 Å². The zero-order valence-corrected chi connectivity index (χ0v) is 41.0. The summed E-state index contributed by atoms with van der Waals surface area (Å²) in [6.07, 6.45) is 18.3. The van der Waals surface area contributed by atoms with Crippen LogP contribution in [0.25, 0.3) is 66.5 Å². The van der Waals surface area contributed by atoms with E-state index in [-0.39, 0.29) is 16.2 Å². The first-order chi connectivity index (χ1) is 31.4. The normalized spacial score (nSPS) is 13.6. The van der Waals surface area contributed by atoms with E-state index in [1.807, 2.05) is 0 Å². The molecule has 0 atom stereocenters. The SMILES string of the molecule is CCCCCCCCC1(CCCCCCCC)c2cc(-c3ccc4c(c3)n(-c3ccccc3)c3c5ccc(C(C)(C)C)cc5n(-c5ccccc5)c43)ccc2-c2ccc(C(C)(C)C)cc21. The number of rotatable bonds is 17. The average Bonchev–Trinajstić information content (AvgIpc) is 3.91. The Balaban J connectivity index is 1.23. The van der Waals surface area contributed by atoms with Crippen LogP contribution in [0.1, 0.15) is 168 Å². The lowest BCUT2D eigenvalue weighted by Gasteiger charge is -2.34. The first kappa shape index (κ1) is 44.8. The fourth-order valence-electron chi connectivity index (χ4n) is 11.3. The Kier molecular flexibility index (Phi) is 12.8. The van der Waals surface area contributed by atoms with Crippen molar-refractivity contribution in [2.45, 2.75) is 162 Å². The minimum Gasteiger partial charge on any atom is -0.307 e. The quantitative estimate of drug-likeness (QED) is 0.0808. The molecule has 0 fully saturated rings. The van der Waals surface area contributed by atoms with Gasteiger partial charge in [0.15, 0.2) is 0 Å². The van der Waals surface area contributed by atoms with E-state index in [1.54, 1.807) is 11.1 Å². The van der Waals surface area contributed by atoms with Gasteiger partial charge in [-0.1, -0.05) is 223 Å². The highest BCUT2D eigenvalue weighted by molar-refractivity contribution is 6.20. The molecule has 0 saturated carbocycles. The molecule has 2 nitrogen and oxygen atoms in total. The fourth-order valence-corrected chi connectivity index (χ4v) is 11.3. The van der Waals surface area contributed by atoms with E-state index in [1.165, 1.54) is 167 Å². The predicted molar refractivity (Wildman–Crippen MR) is 283 cm³/mol. The monoisotopic (exact) mass is 859 g/mol. The van der Waals surface area contributed by atoms with Gasteiger partial charge in [0.25, 0.3) is 0 Å². The van der Waals surface area contributed by atoms with Crippen molar-refractivity contribution in [3.63, 3.8) is 0 Å². The molecule has 65 heavy (non-hydrogen) atoms. The third-order valence-electron chi connectivity index (χ3n) is 15.0. The van der Waals surface area contributed by atoms with E-state index in [0.717, 1.165) is 0 Å². The molecule has 0 saturated heterocycles. The highest BCUT2D eigenvalue weighted by Gasteiger charge is 2.43. The minimum atomic E-state index is 0.0127. The smallest absolute Gasteiger partial charge is 0.0803 e. The lowest BCUT2D eigenvalue weighted by Crippen LogP contribution is -2.26. The summed E-state index contributed by atoms with van der Waals surface area (Å²) in [5, 5.41) is 2.55. The van der Waals surface area contributed by atoms with Crippen molar-refractivity contribution in [2.24, 2.45) is 0 Å². The Morgan fingerprint density at radius 2 is 0.815 bits per heavy atom. The predicted octanol–water partition coefficient (Wildman–Crippen LogP) is 18.8. The second kappa shape index (κ2) is 18.5. The molecule has 2 aromatic heterocycles. The number of hydrogen-bond donors (Lipinski definition) is 0. The van der Waals surface area contributed by atoms with Gasteiger partial charge >= 0.3 is 0 Å². The van der Waals surface area contributed by atoms with Crippen LogP contribution in [-0.4, -0.2) is 9.13 Å². The van der Waals surface area contributed by atoms with E-state index >= 15 is 0 Å². The Morgan fingerprint density at radius 1 is 0.400 bits per heavy atom. The summed E-state index contributed by atoms with van der Waals surface area (Å²) in [6.45, 7) is 18.8. The van der Waals surface area contributed by atoms with Crippen molar-refractivity contribution >= 4 is 32.8 Å². The maximum Gasteiger partial charge on any atom is 0.0803 e. The number of fused-ring (bicyclic) bond motifs is 8. The number of unbranched alkanes of at least 4 members (excludes halogenated alkanes) is 10.